The number of urea groups is 1. The third-order valence-corrected chi connectivity index (χ3v) is 3.43. The third-order valence-electron chi connectivity index (χ3n) is 3.43. The van der Waals surface area contributed by atoms with Gasteiger partial charge in [-0.1, -0.05) is 0 Å². The van der Waals surface area contributed by atoms with Crippen LogP contribution in [0.2, 0.25) is 0 Å². The van der Waals surface area contributed by atoms with E-state index in [-0.39, 0.29) is 6.03 Å². The number of ether oxygens (including phenoxy) is 1. The number of methoxy groups -OCH3 is 1. The van der Waals surface area contributed by atoms with Crippen LogP contribution in [0.25, 0.3) is 0 Å². The largest absolute Gasteiger partial charge is 0.381 e. The van der Waals surface area contributed by atoms with E-state index in [0.717, 1.165) is 52.1 Å². The zero-order chi connectivity index (χ0) is 11.4. The number of carbonyl (C=O) groups excluding carboxylic acids is 1. The molecule has 5 nitrogen and oxygen atoms in total. The smallest absolute Gasteiger partial charge is 0.320 e. The van der Waals surface area contributed by atoms with Crippen LogP contribution < -0.4 is 5.32 Å². The van der Waals surface area contributed by atoms with Gasteiger partial charge in [0.25, 0.3) is 0 Å². The van der Waals surface area contributed by atoms with Crippen molar-refractivity contribution in [1.29, 1.82) is 0 Å². The first-order valence-corrected chi connectivity index (χ1v) is 6.08. The van der Waals surface area contributed by atoms with Crippen molar-refractivity contribution in [1.82, 2.24) is 15.1 Å². The zero-order valence-electron chi connectivity index (χ0n) is 9.95. The minimum Gasteiger partial charge on any atom is -0.381 e. The summed E-state index contributed by atoms with van der Waals surface area (Å²) in [5.41, 5.74) is 0. The van der Waals surface area contributed by atoms with Crippen LogP contribution in [0.4, 0.5) is 4.79 Å². The Hall–Kier alpha value is -0.810. The Bertz CT molecular complexity index is 233. The number of nitrogens with zero attached hydrogens (tertiary/aromatic N) is 2. The van der Waals surface area contributed by atoms with Crippen molar-refractivity contribution in [3.05, 3.63) is 0 Å². The Balaban J connectivity index is 1.81. The lowest BCUT2D eigenvalue weighted by molar-refractivity contribution is 0.0439. The molecule has 2 amide bonds. The van der Waals surface area contributed by atoms with Gasteiger partial charge in [0, 0.05) is 46.4 Å². The summed E-state index contributed by atoms with van der Waals surface area (Å²) in [6, 6.07) is 0.205. The van der Waals surface area contributed by atoms with Crippen LogP contribution in [-0.2, 0) is 4.74 Å². The van der Waals surface area contributed by atoms with Gasteiger partial charge in [0.2, 0.25) is 0 Å². The first-order valence-electron chi connectivity index (χ1n) is 6.08. The van der Waals surface area contributed by atoms with E-state index < -0.39 is 0 Å². The average Bonchev–Trinajstić information content (AvgIpc) is 2.39. The summed E-state index contributed by atoms with van der Waals surface area (Å²) >= 11 is 0. The molecule has 0 bridgehead atoms. The molecule has 5 heteroatoms. The highest BCUT2D eigenvalue weighted by Crippen LogP contribution is 2.14. The molecule has 92 valence electrons. The summed E-state index contributed by atoms with van der Waals surface area (Å²) in [4.78, 5) is 16.0. The van der Waals surface area contributed by atoms with E-state index in [1.165, 1.54) is 0 Å². The van der Waals surface area contributed by atoms with Crippen LogP contribution in [0.1, 0.15) is 12.8 Å². The first kappa shape index (κ1) is 11.7. The van der Waals surface area contributed by atoms with E-state index in [1.54, 1.807) is 7.11 Å². The van der Waals surface area contributed by atoms with Crippen molar-refractivity contribution >= 4 is 6.03 Å². The van der Waals surface area contributed by atoms with Crippen LogP contribution in [0.5, 0.6) is 0 Å². The molecule has 0 radical (unpaired) electrons. The standard InChI is InChI=1S/C11H21N3O2/c1-16-10-2-6-13(7-3-10)11(15)14-8-4-12-5-9-14/h10,12H,2-9H2,1H3. The predicted octanol–water partition coefficient (Wildman–Crippen LogP) is 0.122. The Morgan fingerprint density at radius 1 is 1.12 bits per heavy atom. The molecule has 0 aromatic carbocycles. The number of amides is 2. The van der Waals surface area contributed by atoms with Gasteiger partial charge in [0.1, 0.15) is 0 Å². The zero-order valence-corrected chi connectivity index (χ0v) is 9.95. The number of piperazine rings is 1. The topological polar surface area (TPSA) is 44.8 Å². The lowest BCUT2D eigenvalue weighted by Gasteiger charge is -2.36. The van der Waals surface area contributed by atoms with Crippen LogP contribution in [0, 0.1) is 0 Å². The Morgan fingerprint density at radius 2 is 1.69 bits per heavy atom. The molecule has 2 aliphatic rings. The molecule has 16 heavy (non-hydrogen) atoms. The summed E-state index contributed by atoms with van der Waals surface area (Å²) in [7, 11) is 1.75. The summed E-state index contributed by atoms with van der Waals surface area (Å²) in [6.45, 7) is 5.18. The maximum Gasteiger partial charge on any atom is 0.320 e. The molecule has 2 aliphatic heterocycles. The number of hydrogen-bond acceptors (Lipinski definition) is 3. The quantitative estimate of drug-likeness (QED) is 0.692. The van der Waals surface area contributed by atoms with Gasteiger partial charge in [-0.25, -0.2) is 4.79 Å². The van der Waals surface area contributed by atoms with Gasteiger partial charge in [0.05, 0.1) is 6.10 Å². The van der Waals surface area contributed by atoms with E-state index in [9.17, 15) is 4.79 Å². The molecule has 0 aromatic rings. The van der Waals surface area contributed by atoms with Gasteiger partial charge in [0.15, 0.2) is 0 Å². The van der Waals surface area contributed by atoms with Crippen LogP contribution >= 0.6 is 0 Å². The number of carbonyl (C=O) groups is 1. The molecule has 2 heterocycles. The Labute approximate surface area is 96.7 Å². The van der Waals surface area contributed by atoms with E-state index in [4.69, 9.17) is 4.74 Å². The van der Waals surface area contributed by atoms with Crippen molar-refractivity contribution in [2.45, 2.75) is 18.9 Å². The molecule has 2 rings (SSSR count). The second kappa shape index (κ2) is 5.50. The van der Waals surface area contributed by atoms with Crippen molar-refractivity contribution < 1.29 is 9.53 Å². The molecule has 0 saturated carbocycles. The Morgan fingerprint density at radius 3 is 2.25 bits per heavy atom. The van der Waals surface area contributed by atoms with Crippen molar-refractivity contribution in [3.8, 4) is 0 Å². The van der Waals surface area contributed by atoms with E-state index in [0.29, 0.717) is 6.10 Å². The van der Waals surface area contributed by atoms with E-state index in [2.05, 4.69) is 5.32 Å². The second-order valence-corrected chi connectivity index (χ2v) is 4.44. The maximum atomic E-state index is 12.1. The minimum absolute atomic E-state index is 0.205. The van der Waals surface area contributed by atoms with Crippen LogP contribution in [0.15, 0.2) is 0 Å². The highest BCUT2D eigenvalue weighted by Gasteiger charge is 2.26. The van der Waals surface area contributed by atoms with Crippen molar-refractivity contribution in [2.75, 3.05) is 46.4 Å². The van der Waals surface area contributed by atoms with Gasteiger partial charge < -0.3 is 19.9 Å². The first-order chi connectivity index (χ1) is 7.81. The number of piperidine rings is 1. The minimum atomic E-state index is 0.205. The molecule has 2 saturated heterocycles. The van der Waals surface area contributed by atoms with Gasteiger partial charge >= 0.3 is 6.03 Å². The summed E-state index contributed by atoms with van der Waals surface area (Å²) < 4.78 is 5.30. The Kier molecular flexibility index (Phi) is 4.01. The highest BCUT2D eigenvalue weighted by atomic mass is 16.5. The SMILES string of the molecule is COC1CCN(C(=O)N2CCNCC2)CC1. The van der Waals surface area contributed by atoms with Gasteiger partial charge in [-0.15, -0.1) is 0 Å². The molecule has 0 spiro atoms. The lowest BCUT2D eigenvalue weighted by Crippen LogP contribution is -2.53. The molecule has 0 aromatic heterocycles. The normalized spacial score (nSPS) is 23.6. The number of nitrogens with one attached hydrogen (secondary N) is 1. The summed E-state index contributed by atoms with van der Waals surface area (Å²) in [6.07, 6.45) is 2.27. The molecule has 2 fully saturated rings. The fourth-order valence-electron chi connectivity index (χ4n) is 2.34. The number of likely N-dealkylation sites (tertiary alicyclic amines) is 1. The fraction of sp³-hybridized carbons (Fsp3) is 0.909. The van der Waals surface area contributed by atoms with Gasteiger partial charge in [-0.2, -0.15) is 0 Å². The van der Waals surface area contributed by atoms with E-state index >= 15 is 0 Å². The van der Waals surface area contributed by atoms with Gasteiger partial charge in [-0.3, -0.25) is 0 Å². The molecular weight excluding hydrogens is 206 g/mol. The van der Waals surface area contributed by atoms with Crippen molar-refractivity contribution in [3.63, 3.8) is 0 Å². The molecule has 0 atom stereocenters. The lowest BCUT2D eigenvalue weighted by atomic mass is 10.1. The summed E-state index contributed by atoms with van der Waals surface area (Å²) in [5.74, 6) is 0. The van der Waals surface area contributed by atoms with Crippen molar-refractivity contribution in [2.24, 2.45) is 0 Å². The molecule has 0 aliphatic carbocycles. The number of hydrogen-bond donors (Lipinski definition) is 1. The van der Waals surface area contributed by atoms with E-state index in [1.807, 2.05) is 9.80 Å². The fourth-order valence-corrected chi connectivity index (χ4v) is 2.34. The average molecular weight is 227 g/mol. The molecule has 0 unspecified atom stereocenters. The van der Waals surface area contributed by atoms with Crippen LogP contribution in [-0.4, -0.2) is 68.3 Å². The molecular formula is C11H21N3O2. The third kappa shape index (κ3) is 2.65. The van der Waals surface area contributed by atoms with Crippen LogP contribution in [0.3, 0.4) is 0 Å². The predicted molar refractivity (Wildman–Crippen MR) is 61.4 cm³/mol. The van der Waals surface area contributed by atoms with Gasteiger partial charge in [-0.05, 0) is 12.8 Å². The molecule has 1 N–H and O–H groups in total. The monoisotopic (exact) mass is 227 g/mol. The maximum absolute atomic E-state index is 12.1. The summed E-state index contributed by atoms with van der Waals surface area (Å²) in [5, 5.41) is 3.26. The number of rotatable bonds is 1. The second-order valence-electron chi connectivity index (χ2n) is 4.44. The highest BCUT2D eigenvalue weighted by molar-refractivity contribution is 5.74.